The van der Waals surface area contributed by atoms with E-state index in [1.807, 2.05) is 0 Å². The Balaban J connectivity index is 2.33. The minimum absolute atomic E-state index is 0.0721. The molecule has 1 fully saturated rings. The van der Waals surface area contributed by atoms with Crippen molar-refractivity contribution in [1.82, 2.24) is 10.2 Å². The molecule has 6 heteroatoms. The van der Waals surface area contributed by atoms with Gasteiger partial charge in [0.15, 0.2) is 0 Å². The van der Waals surface area contributed by atoms with Crippen LogP contribution in [0.3, 0.4) is 0 Å². The first-order chi connectivity index (χ1) is 9.23. The van der Waals surface area contributed by atoms with E-state index >= 15 is 0 Å². The van der Waals surface area contributed by atoms with Crippen molar-refractivity contribution >= 4 is 27.7 Å². The van der Waals surface area contributed by atoms with Crippen LogP contribution in [0, 0.1) is 5.82 Å². The first kappa shape index (κ1) is 15.0. The summed E-state index contributed by atoms with van der Waals surface area (Å²) in [7, 11) is 0. The number of hydrogen-bond acceptors (Lipinski definition) is 2. The van der Waals surface area contributed by atoms with Gasteiger partial charge in [0, 0.05) is 16.6 Å². The molecule has 1 heterocycles. The Morgan fingerprint density at radius 3 is 2.65 bits per heavy atom. The Labute approximate surface area is 125 Å². The van der Waals surface area contributed by atoms with Crippen molar-refractivity contribution in [2.24, 2.45) is 0 Å². The summed E-state index contributed by atoms with van der Waals surface area (Å²) < 4.78 is 14.5. The van der Waals surface area contributed by atoms with Crippen molar-refractivity contribution in [2.45, 2.75) is 38.9 Å². The van der Waals surface area contributed by atoms with E-state index in [2.05, 4.69) is 21.2 Å². The zero-order chi connectivity index (χ0) is 15.1. The number of nitrogens with one attached hydrogen (secondary N) is 1. The lowest BCUT2D eigenvalue weighted by Gasteiger charge is -2.43. The molecule has 1 N–H and O–H groups in total. The van der Waals surface area contributed by atoms with E-state index in [-0.39, 0.29) is 18.4 Å². The number of rotatable bonds is 2. The molecule has 4 nitrogen and oxygen atoms in total. The highest BCUT2D eigenvalue weighted by molar-refractivity contribution is 9.10. The maximum atomic E-state index is 13.9. The maximum Gasteiger partial charge on any atom is 0.246 e. The van der Waals surface area contributed by atoms with Crippen LogP contribution >= 0.6 is 15.9 Å². The van der Waals surface area contributed by atoms with Crippen LogP contribution in [0.25, 0.3) is 0 Å². The monoisotopic (exact) mass is 342 g/mol. The Morgan fingerprint density at radius 2 is 2.05 bits per heavy atom. The van der Waals surface area contributed by atoms with Crippen LogP contribution < -0.4 is 5.32 Å². The number of halogens is 2. The van der Waals surface area contributed by atoms with E-state index in [9.17, 15) is 14.0 Å². The molecule has 1 aromatic rings. The van der Waals surface area contributed by atoms with Gasteiger partial charge in [0.1, 0.15) is 17.4 Å². The Kier molecular flexibility index (Phi) is 3.86. The normalized spacial score (nSPS) is 21.9. The Morgan fingerprint density at radius 1 is 1.40 bits per heavy atom. The quantitative estimate of drug-likeness (QED) is 0.895. The minimum Gasteiger partial charge on any atom is -0.343 e. The Hall–Kier alpha value is -1.43. The molecule has 0 aliphatic carbocycles. The van der Waals surface area contributed by atoms with Gasteiger partial charge in [-0.1, -0.05) is 22.0 Å². The summed E-state index contributed by atoms with van der Waals surface area (Å²) in [5.41, 5.74) is -0.611. The SMILES string of the molecule is CC1NC(=O)C(C)(C)N(Cc2ccc(Br)cc2F)C1=O. The van der Waals surface area contributed by atoms with Gasteiger partial charge in [-0.3, -0.25) is 9.59 Å². The van der Waals surface area contributed by atoms with Gasteiger partial charge in [-0.15, -0.1) is 0 Å². The van der Waals surface area contributed by atoms with E-state index in [1.54, 1.807) is 32.9 Å². The second-order valence-corrected chi connectivity index (χ2v) is 6.33. The first-order valence-electron chi connectivity index (χ1n) is 6.30. The lowest BCUT2D eigenvalue weighted by Crippen LogP contribution is -2.67. The van der Waals surface area contributed by atoms with Gasteiger partial charge in [0.2, 0.25) is 11.8 Å². The molecule has 1 atom stereocenters. The summed E-state index contributed by atoms with van der Waals surface area (Å²) in [5, 5.41) is 2.63. The summed E-state index contributed by atoms with van der Waals surface area (Å²) in [5.74, 6) is -0.847. The van der Waals surface area contributed by atoms with Crippen LogP contribution in [-0.2, 0) is 16.1 Å². The fourth-order valence-corrected chi connectivity index (χ4v) is 2.50. The molecular formula is C14H16BrFN2O2. The molecule has 1 unspecified atom stereocenters. The number of benzene rings is 1. The third-order valence-corrected chi connectivity index (χ3v) is 4.05. The molecule has 20 heavy (non-hydrogen) atoms. The van der Waals surface area contributed by atoms with Crippen molar-refractivity contribution in [3.8, 4) is 0 Å². The first-order valence-corrected chi connectivity index (χ1v) is 7.09. The fraction of sp³-hybridized carbons (Fsp3) is 0.429. The zero-order valence-corrected chi connectivity index (χ0v) is 13.1. The molecule has 2 amide bonds. The molecule has 0 aromatic heterocycles. The van der Waals surface area contributed by atoms with Gasteiger partial charge < -0.3 is 10.2 Å². The standard InChI is InChI=1S/C14H16BrFN2O2/c1-8-12(19)18(14(2,3)13(20)17-8)7-9-4-5-10(15)6-11(9)16/h4-6,8H,7H2,1-3H3,(H,17,20). The Bertz CT molecular complexity index is 574. The molecular weight excluding hydrogens is 327 g/mol. The topological polar surface area (TPSA) is 49.4 Å². The molecule has 1 aliphatic heterocycles. The number of nitrogens with zero attached hydrogens (tertiary/aromatic N) is 1. The average Bonchev–Trinajstić information content (AvgIpc) is 2.35. The van der Waals surface area contributed by atoms with Crippen LogP contribution in [0.2, 0.25) is 0 Å². The zero-order valence-electron chi connectivity index (χ0n) is 11.5. The van der Waals surface area contributed by atoms with E-state index < -0.39 is 17.4 Å². The smallest absolute Gasteiger partial charge is 0.246 e. The largest absolute Gasteiger partial charge is 0.343 e. The van der Waals surface area contributed by atoms with Crippen molar-refractivity contribution in [3.05, 3.63) is 34.1 Å². The summed E-state index contributed by atoms with van der Waals surface area (Å²) in [6, 6.07) is 4.08. The van der Waals surface area contributed by atoms with Crippen molar-refractivity contribution in [3.63, 3.8) is 0 Å². The summed E-state index contributed by atoms with van der Waals surface area (Å²) in [6.45, 7) is 5.01. The maximum absolute atomic E-state index is 13.9. The third-order valence-electron chi connectivity index (χ3n) is 3.56. The van der Waals surface area contributed by atoms with Crippen LogP contribution in [0.15, 0.2) is 22.7 Å². The molecule has 2 rings (SSSR count). The molecule has 0 radical (unpaired) electrons. The minimum atomic E-state index is -0.997. The van der Waals surface area contributed by atoms with E-state index in [0.717, 1.165) is 0 Å². The van der Waals surface area contributed by atoms with Gasteiger partial charge in [0.25, 0.3) is 0 Å². The molecule has 0 spiro atoms. The van der Waals surface area contributed by atoms with E-state index in [1.165, 1.54) is 11.0 Å². The summed E-state index contributed by atoms with van der Waals surface area (Å²) >= 11 is 3.19. The highest BCUT2D eigenvalue weighted by Crippen LogP contribution is 2.25. The van der Waals surface area contributed by atoms with Crippen molar-refractivity contribution in [2.75, 3.05) is 0 Å². The molecule has 1 aliphatic rings. The van der Waals surface area contributed by atoms with Crippen LogP contribution in [0.1, 0.15) is 26.3 Å². The van der Waals surface area contributed by atoms with Crippen molar-refractivity contribution in [1.29, 1.82) is 0 Å². The molecule has 0 saturated carbocycles. The highest BCUT2D eigenvalue weighted by Gasteiger charge is 2.44. The number of piperazine rings is 1. The van der Waals surface area contributed by atoms with Crippen LogP contribution in [0.4, 0.5) is 4.39 Å². The van der Waals surface area contributed by atoms with Crippen LogP contribution in [-0.4, -0.2) is 28.3 Å². The second kappa shape index (κ2) is 5.16. The summed E-state index contributed by atoms with van der Waals surface area (Å²) in [6.07, 6.45) is 0. The van der Waals surface area contributed by atoms with Gasteiger partial charge in [-0.25, -0.2) is 4.39 Å². The third kappa shape index (κ3) is 2.57. The average molecular weight is 343 g/mol. The van der Waals surface area contributed by atoms with Gasteiger partial charge in [0.05, 0.1) is 0 Å². The number of carbonyl (C=O) groups is 2. The van der Waals surface area contributed by atoms with Gasteiger partial charge in [-0.05, 0) is 32.9 Å². The molecule has 1 aromatic carbocycles. The van der Waals surface area contributed by atoms with Gasteiger partial charge in [-0.2, -0.15) is 0 Å². The predicted molar refractivity (Wildman–Crippen MR) is 76.3 cm³/mol. The molecule has 0 bridgehead atoms. The van der Waals surface area contributed by atoms with E-state index in [0.29, 0.717) is 10.0 Å². The number of carbonyl (C=O) groups excluding carboxylic acids is 2. The summed E-state index contributed by atoms with van der Waals surface area (Å²) in [4.78, 5) is 25.7. The van der Waals surface area contributed by atoms with Crippen molar-refractivity contribution < 1.29 is 14.0 Å². The predicted octanol–water partition coefficient (Wildman–Crippen LogP) is 2.21. The lowest BCUT2D eigenvalue weighted by molar-refractivity contribution is -0.155. The molecule has 108 valence electrons. The fourth-order valence-electron chi connectivity index (χ4n) is 2.16. The second-order valence-electron chi connectivity index (χ2n) is 5.41. The lowest BCUT2D eigenvalue weighted by atomic mass is 9.95. The number of amides is 2. The number of hydrogen-bond donors (Lipinski definition) is 1. The highest BCUT2D eigenvalue weighted by atomic mass is 79.9. The molecule has 1 saturated heterocycles. The van der Waals surface area contributed by atoms with E-state index in [4.69, 9.17) is 0 Å². The van der Waals surface area contributed by atoms with Gasteiger partial charge >= 0.3 is 0 Å². The van der Waals surface area contributed by atoms with Crippen LogP contribution in [0.5, 0.6) is 0 Å².